The Labute approximate surface area is 135 Å². The lowest BCUT2D eigenvalue weighted by molar-refractivity contribution is 0.462. The summed E-state index contributed by atoms with van der Waals surface area (Å²) in [6.45, 7) is 2.10. The maximum Gasteiger partial charge on any atom is 0.246 e. The van der Waals surface area contributed by atoms with Crippen LogP contribution < -0.4 is 5.73 Å². The number of hydrogen-bond acceptors (Lipinski definition) is 4. The molecule has 0 unspecified atom stereocenters. The second kappa shape index (κ2) is 6.04. The van der Waals surface area contributed by atoms with Crippen molar-refractivity contribution in [2.24, 2.45) is 0 Å². The number of hydrogen-bond donors (Lipinski definition) is 1. The molecule has 2 rings (SSSR count). The summed E-state index contributed by atoms with van der Waals surface area (Å²) in [6.07, 6.45) is 0. The quantitative estimate of drug-likeness (QED) is 0.811. The van der Waals surface area contributed by atoms with E-state index in [1.165, 1.54) is 18.4 Å². The van der Waals surface area contributed by atoms with Crippen LogP contribution in [-0.2, 0) is 16.6 Å². The molecule has 1 aromatic heterocycles. The summed E-state index contributed by atoms with van der Waals surface area (Å²) in [5, 5.41) is 1.89. The average Bonchev–Trinajstić information content (AvgIpc) is 2.79. The maximum absolute atomic E-state index is 14.0. The molecule has 8 heteroatoms. The molecule has 0 saturated heterocycles. The fraction of sp³-hybridized carbons (Fsp3) is 0.231. The molecule has 21 heavy (non-hydrogen) atoms. The van der Waals surface area contributed by atoms with Crippen LogP contribution in [0.2, 0.25) is 0 Å². The first kappa shape index (κ1) is 16.4. The molecule has 2 aromatic rings. The van der Waals surface area contributed by atoms with Gasteiger partial charge < -0.3 is 5.73 Å². The van der Waals surface area contributed by atoms with E-state index in [-0.39, 0.29) is 12.2 Å². The van der Waals surface area contributed by atoms with Crippen LogP contribution in [0, 0.1) is 12.7 Å². The largest absolute Gasteiger partial charge is 0.398 e. The molecule has 0 aliphatic rings. The van der Waals surface area contributed by atoms with Gasteiger partial charge in [0.2, 0.25) is 10.0 Å². The van der Waals surface area contributed by atoms with E-state index in [0.29, 0.717) is 4.47 Å². The van der Waals surface area contributed by atoms with Crippen LogP contribution >= 0.6 is 27.3 Å². The normalized spacial score (nSPS) is 12.0. The summed E-state index contributed by atoms with van der Waals surface area (Å²) >= 11 is 4.54. The molecule has 1 aromatic carbocycles. The van der Waals surface area contributed by atoms with Gasteiger partial charge in [-0.25, -0.2) is 12.8 Å². The van der Waals surface area contributed by atoms with Crippen LogP contribution in [0.4, 0.5) is 10.1 Å². The maximum atomic E-state index is 14.0. The number of halogens is 2. The van der Waals surface area contributed by atoms with Gasteiger partial charge in [0.1, 0.15) is 10.7 Å². The van der Waals surface area contributed by atoms with Gasteiger partial charge in [0.05, 0.1) is 0 Å². The summed E-state index contributed by atoms with van der Waals surface area (Å²) < 4.78 is 40.4. The van der Waals surface area contributed by atoms with Crippen molar-refractivity contribution >= 4 is 43.0 Å². The van der Waals surface area contributed by atoms with E-state index in [1.807, 2.05) is 18.4 Å². The number of nitrogens with two attached hydrogens (primary N) is 1. The molecule has 0 fully saturated rings. The molecular weight excluding hydrogens is 379 g/mol. The van der Waals surface area contributed by atoms with E-state index in [4.69, 9.17) is 5.73 Å². The number of anilines is 1. The summed E-state index contributed by atoms with van der Waals surface area (Å²) in [5.74, 6) is -0.828. The number of nitrogen functional groups attached to an aromatic ring is 1. The number of aryl methyl sites for hydroxylation is 1. The van der Waals surface area contributed by atoms with Gasteiger partial charge >= 0.3 is 0 Å². The highest BCUT2D eigenvalue weighted by Crippen LogP contribution is 2.29. The van der Waals surface area contributed by atoms with Crippen molar-refractivity contribution in [1.29, 1.82) is 0 Å². The number of sulfonamides is 1. The van der Waals surface area contributed by atoms with Crippen molar-refractivity contribution in [3.8, 4) is 0 Å². The zero-order valence-corrected chi connectivity index (χ0v) is 14.6. The third-order valence-corrected chi connectivity index (χ3v) is 6.59. The fourth-order valence-corrected chi connectivity index (χ4v) is 4.34. The second-order valence-corrected chi connectivity index (χ2v) is 8.46. The number of rotatable bonds is 4. The molecule has 2 N–H and O–H groups in total. The van der Waals surface area contributed by atoms with E-state index in [1.54, 1.807) is 0 Å². The molecule has 0 amide bonds. The highest BCUT2D eigenvalue weighted by molar-refractivity contribution is 9.10. The van der Waals surface area contributed by atoms with E-state index in [2.05, 4.69) is 15.9 Å². The first-order valence-electron chi connectivity index (χ1n) is 5.97. The third-order valence-electron chi connectivity index (χ3n) is 3.07. The van der Waals surface area contributed by atoms with Crippen molar-refractivity contribution in [3.63, 3.8) is 0 Å². The molecule has 4 nitrogen and oxygen atoms in total. The molecule has 0 aliphatic carbocycles. The monoisotopic (exact) mass is 392 g/mol. The number of nitrogens with zero attached hydrogens (tertiary/aromatic N) is 1. The zero-order valence-electron chi connectivity index (χ0n) is 11.4. The molecule has 0 bridgehead atoms. The van der Waals surface area contributed by atoms with Gasteiger partial charge in [-0.1, -0.05) is 0 Å². The minimum absolute atomic E-state index is 0.177. The van der Waals surface area contributed by atoms with Gasteiger partial charge in [-0.2, -0.15) is 4.31 Å². The van der Waals surface area contributed by atoms with Crippen LogP contribution in [0.1, 0.15) is 10.4 Å². The molecule has 1 heterocycles. The summed E-state index contributed by atoms with van der Waals surface area (Å²) in [5.41, 5.74) is 6.84. The minimum atomic E-state index is -3.94. The van der Waals surface area contributed by atoms with Crippen LogP contribution in [0.25, 0.3) is 0 Å². The predicted molar refractivity (Wildman–Crippen MR) is 86.2 cm³/mol. The van der Waals surface area contributed by atoms with Crippen LogP contribution in [0.3, 0.4) is 0 Å². The Hall–Kier alpha value is -0.960. The van der Waals surface area contributed by atoms with E-state index in [9.17, 15) is 12.8 Å². The van der Waals surface area contributed by atoms with Crippen molar-refractivity contribution in [2.45, 2.75) is 18.4 Å². The molecular formula is C13H14BrFN2O2S2. The summed E-state index contributed by atoms with van der Waals surface area (Å²) in [4.78, 5) is 0.506. The minimum Gasteiger partial charge on any atom is -0.398 e. The summed E-state index contributed by atoms with van der Waals surface area (Å²) in [6, 6.07) is 4.11. The Morgan fingerprint density at radius 2 is 2.10 bits per heavy atom. The average molecular weight is 393 g/mol. The Morgan fingerprint density at radius 3 is 2.67 bits per heavy atom. The molecule has 0 radical (unpaired) electrons. The first-order chi connectivity index (χ1) is 9.73. The smallest absolute Gasteiger partial charge is 0.246 e. The second-order valence-electron chi connectivity index (χ2n) is 4.59. The zero-order chi connectivity index (χ0) is 15.8. The van der Waals surface area contributed by atoms with Gasteiger partial charge in [-0.15, -0.1) is 11.3 Å². The van der Waals surface area contributed by atoms with Gasteiger partial charge in [-0.05, 0) is 52.0 Å². The highest BCUT2D eigenvalue weighted by Gasteiger charge is 2.26. The molecule has 0 spiro atoms. The van der Waals surface area contributed by atoms with Crippen LogP contribution in [-0.4, -0.2) is 19.8 Å². The lowest BCUT2D eigenvalue weighted by atomic mass is 10.3. The van der Waals surface area contributed by atoms with Gasteiger partial charge in [-0.3, -0.25) is 0 Å². The molecule has 0 atom stereocenters. The Bertz CT molecular complexity index is 774. The molecule has 0 aliphatic heterocycles. The van der Waals surface area contributed by atoms with Crippen molar-refractivity contribution < 1.29 is 12.8 Å². The fourth-order valence-electron chi connectivity index (χ4n) is 1.76. The lowest BCUT2D eigenvalue weighted by Gasteiger charge is -2.18. The van der Waals surface area contributed by atoms with Crippen molar-refractivity contribution in [3.05, 3.63) is 44.3 Å². The van der Waals surface area contributed by atoms with Gasteiger partial charge in [0.15, 0.2) is 0 Å². The predicted octanol–water partition coefficient (Wildman–Crippen LogP) is 3.36. The standard InChI is InChI=1S/C13H14BrFN2O2S2/c1-8-3-4-20-12(8)7-17(2)21(18,19)13-6-11(16)9(14)5-10(13)15/h3-6H,7,16H2,1-2H3. The lowest BCUT2D eigenvalue weighted by Crippen LogP contribution is -2.27. The Morgan fingerprint density at radius 1 is 1.43 bits per heavy atom. The highest BCUT2D eigenvalue weighted by atomic mass is 79.9. The Balaban J connectivity index is 2.38. The number of thiophene rings is 1. The molecule has 0 saturated carbocycles. The topological polar surface area (TPSA) is 63.4 Å². The van der Waals surface area contributed by atoms with Crippen molar-refractivity contribution in [1.82, 2.24) is 4.31 Å². The van der Waals surface area contributed by atoms with Gasteiger partial charge in [0, 0.05) is 28.6 Å². The SMILES string of the molecule is Cc1ccsc1CN(C)S(=O)(=O)c1cc(N)c(Br)cc1F. The van der Waals surface area contributed by atoms with E-state index in [0.717, 1.165) is 26.9 Å². The van der Waals surface area contributed by atoms with Gasteiger partial charge in [0.25, 0.3) is 0 Å². The van der Waals surface area contributed by atoms with E-state index < -0.39 is 20.7 Å². The molecule has 114 valence electrons. The third kappa shape index (κ3) is 3.28. The first-order valence-corrected chi connectivity index (χ1v) is 9.08. The summed E-state index contributed by atoms with van der Waals surface area (Å²) in [7, 11) is -2.51. The van der Waals surface area contributed by atoms with Crippen LogP contribution in [0.15, 0.2) is 32.9 Å². The number of benzene rings is 1. The van der Waals surface area contributed by atoms with Crippen molar-refractivity contribution in [2.75, 3.05) is 12.8 Å². The Kier molecular flexibility index (Phi) is 4.72. The van der Waals surface area contributed by atoms with Crippen LogP contribution in [0.5, 0.6) is 0 Å². The van der Waals surface area contributed by atoms with E-state index >= 15 is 0 Å².